The van der Waals surface area contributed by atoms with E-state index in [1.807, 2.05) is 40.1 Å². The number of nitrogens with zero attached hydrogens (tertiary/aromatic N) is 2. The van der Waals surface area contributed by atoms with E-state index in [0.29, 0.717) is 18.4 Å². The molecule has 3 aliphatic rings. The summed E-state index contributed by atoms with van der Waals surface area (Å²) in [4.78, 5) is 29.8. The largest absolute Gasteiger partial charge is 0.341 e. The minimum absolute atomic E-state index is 0.104. The van der Waals surface area contributed by atoms with Gasteiger partial charge in [-0.1, -0.05) is 30.3 Å². The number of carbonyl (C=O) groups is 2. The second-order valence-electron chi connectivity index (χ2n) is 8.11. The van der Waals surface area contributed by atoms with Crippen molar-refractivity contribution in [3.63, 3.8) is 0 Å². The van der Waals surface area contributed by atoms with Crippen LogP contribution in [0.4, 0.5) is 0 Å². The van der Waals surface area contributed by atoms with Gasteiger partial charge in [-0.3, -0.25) is 9.59 Å². The molecule has 0 bridgehead atoms. The minimum atomic E-state index is -0.459. The zero-order valence-electron chi connectivity index (χ0n) is 15.5. The molecule has 0 saturated carbocycles. The first-order valence-corrected chi connectivity index (χ1v) is 10.0. The summed E-state index contributed by atoms with van der Waals surface area (Å²) in [6.45, 7) is 4.49. The third-order valence-corrected chi connectivity index (χ3v) is 6.49. The van der Waals surface area contributed by atoms with Crippen LogP contribution in [0.3, 0.4) is 0 Å². The molecular formula is C21H29N3O2. The number of piperidine rings is 2. The highest BCUT2D eigenvalue weighted by molar-refractivity contribution is 5.89. The molecule has 1 aromatic rings. The van der Waals surface area contributed by atoms with E-state index < -0.39 is 6.04 Å². The summed E-state index contributed by atoms with van der Waals surface area (Å²) in [5.74, 6) is 0.221. The van der Waals surface area contributed by atoms with Gasteiger partial charge in [0.1, 0.15) is 6.04 Å². The Bertz CT molecular complexity index is 644. The summed E-state index contributed by atoms with van der Waals surface area (Å²) in [5.41, 5.74) is 1.33. The third kappa shape index (κ3) is 3.37. The fraction of sp³-hybridized carbons (Fsp3) is 0.619. The van der Waals surface area contributed by atoms with Crippen molar-refractivity contribution in [1.29, 1.82) is 0 Å². The standard InChI is InChI=1S/C21H29N3O2/c25-18-8-4-5-13-24(18)19(17-6-2-1-3-7-17)20(26)23-14-10-21(11-15-23)9-12-22-16-21/h1-3,6-7,19,22H,4-5,8-16H2. The van der Waals surface area contributed by atoms with Crippen molar-refractivity contribution in [2.24, 2.45) is 5.41 Å². The molecule has 2 amide bonds. The average Bonchev–Trinajstić information content (AvgIpc) is 3.13. The highest BCUT2D eigenvalue weighted by Crippen LogP contribution is 2.38. The number of hydrogen-bond acceptors (Lipinski definition) is 3. The first kappa shape index (κ1) is 17.5. The number of rotatable bonds is 3. The highest BCUT2D eigenvalue weighted by Gasteiger charge is 2.41. The molecule has 4 rings (SSSR count). The Labute approximate surface area is 155 Å². The molecule has 5 heteroatoms. The zero-order valence-corrected chi connectivity index (χ0v) is 15.5. The van der Waals surface area contributed by atoms with Gasteiger partial charge in [0.05, 0.1) is 0 Å². The zero-order chi connectivity index (χ0) is 18.0. The maximum Gasteiger partial charge on any atom is 0.250 e. The van der Waals surface area contributed by atoms with Crippen LogP contribution in [0.5, 0.6) is 0 Å². The van der Waals surface area contributed by atoms with Crippen LogP contribution in [-0.4, -0.2) is 54.3 Å². The minimum Gasteiger partial charge on any atom is -0.341 e. The monoisotopic (exact) mass is 355 g/mol. The van der Waals surface area contributed by atoms with Gasteiger partial charge in [-0.05, 0) is 49.6 Å². The van der Waals surface area contributed by atoms with E-state index >= 15 is 0 Å². The summed E-state index contributed by atoms with van der Waals surface area (Å²) in [6, 6.07) is 9.38. The van der Waals surface area contributed by atoms with Gasteiger partial charge in [0.15, 0.2) is 0 Å². The molecule has 3 saturated heterocycles. The Kier molecular flexibility index (Phi) is 4.98. The fourth-order valence-corrected chi connectivity index (χ4v) is 4.79. The van der Waals surface area contributed by atoms with Crippen molar-refractivity contribution in [2.75, 3.05) is 32.7 Å². The Morgan fingerprint density at radius 2 is 1.81 bits per heavy atom. The molecule has 1 unspecified atom stereocenters. The molecule has 1 N–H and O–H groups in total. The predicted octanol–water partition coefficient (Wildman–Crippen LogP) is 2.34. The van der Waals surface area contributed by atoms with Crippen LogP contribution in [0.15, 0.2) is 30.3 Å². The number of hydrogen-bond donors (Lipinski definition) is 1. The van der Waals surface area contributed by atoms with Crippen LogP contribution in [0.2, 0.25) is 0 Å². The summed E-state index contributed by atoms with van der Waals surface area (Å²) in [5, 5.41) is 3.48. The quantitative estimate of drug-likeness (QED) is 0.905. The Morgan fingerprint density at radius 1 is 1.04 bits per heavy atom. The van der Waals surface area contributed by atoms with Gasteiger partial charge in [0.25, 0.3) is 0 Å². The van der Waals surface area contributed by atoms with Crippen LogP contribution < -0.4 is 5.32 Å². The highest BCUT2D eigenvalue weighted by atomic mass is 16.2. The van der Waals surface area contributed by atoms with Crippen molar-refractivity contribution in [2.45, 2.75) is 44.6 Å². The van der Waals surface area contributed by atoms with Crippen LogP contribution in [0.25, 0.3) is 0 Å². The molecule has 140 valence electrons. The van der Waals surface area contributed by atoms with Gasteiger partial charge in [0.2, 0.25) is 11.8 Å². The maximum atomic E-state index is 13.5. The first-order chi connectivity index (χ1) is 12.7. The molecule has 0 aliphatic carbocycles. The van der Waals surface area contributed by atoms with Crippen LogP contribution in [0, 0.1) is 5.41 Å². The third-order valence-electron chi connectivity index (χ3n) is 6.49. The van der Waals surface area contributed by atoms with E-state index in [1.54, 1.807) is 0 Å². The molecular weight excluding hydrogens is 326 g/mol. The topological polar surface area (TPSA) is 52.7 Å². The number of amides is 2. The molecule has 0 aromatic heterocycles. The van der Waals surface area contributed by atoms with E-state index in [4.69, 9.17) is 0 Å². The summed E-state index contributed by atoms with van der Waals surface area (Å²) < 4.78 is 0. The molecule has 0 radical (unpaired) electrons. The molecule has 1 spiro atoms. The van der Waals surface area contributed by atoms with Crippen molar-refractivity contribution in [3.8, 4) is 0 Å². The normalized spacial score (nSPS) is 24.1. The second kappa shape index (κ2) is 7.39. The maximum absolute atomic E-state index is 13.5. The smallest absolute Gasteiger partial charge is 0.250 e. The lowest BCUT2D eigenvalue weighted by molar-refractivity contribution is -0.149. The Hall–Kier alpha value is -1.88. The Balaban J connectivity index is 1.54. The van der Waals surface area contributed by atoms with E-state index in [-0.39, 0.29) is 11.8 Å². The summed E-state index contributed by atoms with van der Waals surface area (Å²) in [6.07, 6.45) is 5.84. The molecule has 26 heavy (non-hydrogen) atoms. The van der Waals surface area contributed by atoms with E-state index in [9.17, 15) is 9.59 Å². The lowest BCUT2D eigenvalue weighted by Crippen LogP contribution is -2.50. The van der Waals surface area contributed by atoms with Crippen molar-refractivity contribution < 1.29 is 9.59 Å². The van der Waals surface area contributed by atoms with Crippen LogP contribution >= 0.6 is 0 Å². The summed E-state index contributed by atoms with van der Waals surface area (Å²) in [7, 11) is 0. The fourth-order valence-electron chi connectivity index (χ4n) is 4.79. The van der Waals surface area contributed by atoms with E-state index in [2.05, 4.69) is 5.32 Å². The molecule has 3 heterocycles. The van der Waals surface area contributed by atoms with Crippen molar-refractivity contribution in [1.82, 2.24) is 15.1 Å². The van der Waals surface area contributed by atoms with Crippen molar-refractivity contribution in [3.05, 3.63) is 35.9 Å². The van der Waals surface area contributed by atoms with Gasteiger partial charge in [-0.2, -0.15) is 0 Å². The molecule has 5 nitrogen and oxygen atoms in total. The number of benzene rings is 1. The number of nitrogens with one attached hydrogen (secondary N) is 1. The van der Waals surface area contributed by atoms with Gasteiger partial charge in [-0.25, -0.2) is 0 Å². The number of likely N-dealkylation sites (tertiary alicyclic amines) is 2. The van der Waals surface area contributed by atoms with E-state index in [0.717, 1.165) is 57.4 Å². The first-order valence-electron chi connectivity index (χ1n) is 10.0. The Morgan fingerprint density at radius 3 is 2.46 bits per heavy atom. The second-order valence-corrected chi connectivity index (χ2v) is 8.11. The summed E-state index contributed by atoms with van der Waals surface area (Å²) >= 11 is 0. The van der Waals surface area contributed by atoms with Gasteiger partial charge >= 0.3 is 0 Å². The molecule has 3 fully saturated rings. The van der Waals surface area contributed by atoms with Crippen LogP contribution in [-0.2, 0) is 9.59 Å². The van der Waals surface area contributed by atoms with Gasteiger partial charge < -0.3 is 15.1 Å². The van der Waals surface area contributed by atoms with Crippen molar-refractivity contribution >= 4 is 11.8 Å². The number of carbonyl (C=O) groups excluding carboxylic acids is 2. The predicted molar refractivity (Wildman–Crippen MR) is 100 cm³/mol. The molecule has 3 aliphatic heterocycles. The van der Waals surface area contributed by atoms with Crippen LogP contribution in [0.1, 0.15) is 50.1 Å². The average molecular weight is 355 g/mol. The van der Waals surface area contributed by atoms with E-state index in [1.165, 1.54) is 6.42 Å². The van der Waals surface area contributed by atoms with Gasteiger partial charge in [-0.15, -0.1) is 0 Å². The van der Waals surface area contributed by atoms with Gasteiger partial charge in [0, 0.05) is 32.6 Å². The SMILES string of the molecule is O=C(C(c1ccccc1)N1CCCCC1=O)N1CCC2(CCNC2)CC1. The lowest BCUT2D eigenvalue weighted by atomic mass is 9.77. The lowest BCUT2D eigenvalue weighted by Gasteiger charge is -2.42. The molecule has 1 atom stereocenters. The molecule has 1 aromatic carbocycles.